The number of benzene rings is 2. The minimum atomic E-state index is 0.903. The summed E-state index contributed by atoms with van der Waals surface area (Å²) in [7, 11) is 0. The Morgan fingerprint density at radius 1 is 0.952 bits per heavy atom. The highest BCUT2D eigenvalue weighted by atomic mass is 32.2. The van der Waals surface area contributed by atoms with Gasteiger partial charge in [0.15, 0.2) is 0 Å². The number of rotatable bonds is 6. The van der Waals surface area contributed by atoms with E-state index in [9.17, 15) is 0 Å². The molecule has 0 unspecified atom stereocenters. The van der Waals surface area contributed by atoms with Gasteiger partial charge in [-0.1, -0.05) is 30.3 Å². The Morgan fingerprint density at radius 2 is 1.86 bits per heavy atom. The number of pyridine rings is 1. The number of thioether (sulfide) groups is 1. The predicted octanol–water partition coefficient (Wildman–Crippen LogP) is 4.12. The molecule has 2 nitrogen and oxygen atoms in total. The van der Waals surface area contributed by atoms with Crippen LogP contribution in [0.2, 0.25) is 0 Å². The summed E-state index contributed by atoms with van der Waals surface area (Å²) in [5.41, 5.74) is 2.36. The zero-order chi connectivity index (χ0) is 14.3. The molecule has 3 heteroatoms. The van der Waals surface area contributed by atoms with Crippen molar-refractivity contribution in [1.29, 1.82) is 0 Å². The van der Waals surface area contributed by atoms with Gasteiger partial charge in [0.25, 0.3) is 0 Å². The lowest BCUT2D eigenvalue weighted by Crippen LogP contribution is -2.16. The van der Waals surface area contributed by atoms with Crippen LogP contribution in [0.25, 0.3) is 10.9 Å². The van der Waals surface area contributed by atoms with Crippen molar-refractivity contribution in [3.05, 3.63) is 72.4 Å². The second-order valence-corrected chi connectivity index (χ2v) is 6.04. The molecule has 0 atom stereocenters. The van der Waals surface area contributed by atoms with Gasteiger partial charge in [0, 0.05) is 35.3 Å². The van der Waals surface area contributed by atoms with E-state index in [2.05, 4.69) is 64.9 Å². The normalized spacial score (nSPS) is 10.9. The molecule has 0 fully saturated rings. The molecule has 3 rings (SSSR count). The van der Waals surface area contributed by atoms with Crippen LogP contribution in [0.1, 0.15) is 5.56 Å². The standard InChI is InChI=1S/C18H18N2S/c1-2-6-17(7-3-1)21-12-11-19-14-15-8-9-18-16(13-15)5-4-10-20-18/h1-10,13,19H,11-12,14H2. The van der Waals surface area contributed by atoms with Gasteiger partial charge in [-0.3, -0.25) is 4.98 Å². The third-order valence-electron chi connectivity index (χ3n) is 3.29. The van der Waals surface area contributed by atoms with Crippen LogP contribution < -0.4 is 5.32 Å². The molecular weight excluding hydrogens is 276 g/mol. The Labute approximate surface area is 129 Å². The molecule has 0 bridgehead atoms. The van der Waals surface area contributed by atoms with Gasteiger partial charge < -0.3 is 5.32 Å². The molecular formula is C18H18N2S. The van der Waals surface area contributed by atoms with Gasteiger partial charge in [-0.25, -0.2) is 0 Å². The quantitative estimate of drug-likeness (QED) is 0.547. The topological polar surface area (TPSA) is 24.9 Å². The van der Waals surface area contributed by atoms with Crippen LogP contribution in [0.3, 0.4) is 0 Å². The maximum Gasteiger partial charge on any atom is 0.0702 e. The minimum absolute atomic E-state index is 0.903. The Hall–Kier alpha value is -1.84. The fourth-order valence-electron chi connectivity index (χ4n) is 2.23. The second kappa shape index (κ2) is 7.25. The fourth-order valence-corrected chi connectivity index (χ4v) is 3.06. The number of hydrogen-bond acceptors (Lipinski definition) is 3. The molecule has 2 aromatic carbocycles. The van der Waals surface area contributed by atoms with Gasteiger partial charge in [-0.05, 0) is 35.9 Å². The summed E-state index contributed by atoms with van der Waals surface area (Å²) in [4.78, 5) is 5.67. The Morgan fingerprint density at radius 3 is 2.76 bits per heavy atom. The van der Waals surface area contributed by atoms with Gasteiger partial charge >= 0.3 is 0 Å². The Kier molecular flexibility index (Phi) is 4.87. The van der Waals surface area contributed by atoms with Crippen molar-refractivity contribution in [2.75, 3.05) is 12.3 Å². The molecule has 0 aliphatic carbocycles. The van der Waals surface area contributed by atoms with Crippen LogP contribution >= 0.6 is 11.8 Å². The van der Waals surface area contributed by atoms with Crippen LogP contribution in [0.5, 0.6) is 0 Å². The summed E-state index contributed by atoms with van der Waals surface area (Å²) in [5, 5.41) is 4.70. The van der Waals surface area contributed by atoms with Gasteiger partial charge in [0.2, 0.25) is 0 Å². The van der Waals surface area contributed by atoms with Crippen molar-refractivity contribution in [2.45, 2.75) is 11.4 Å². The highest BCUT2D eigenvalue weighted by molar-refractivity contribution is 7.99. The number of fused-ring (bicyclic) bond motifs is 1. The SMILES string of the molecule is c1ccc(SCCNCc2ccc3ncccc3c2)cc1. The number of hydrogen-bond donors (Lipinski definition) is 1. The molecule has 0 spiro atoms. The van der Waals surface area contributed by atoms with Crippen molar-refractivity contribution in [1.82, 2.24) is 10.3 Å². The number of nitrogens with one attached hydrogen (secondary N) is 1. The predicted molar refractivity (Wildman–Crippen MR) is 90.6 cm³/mol. The smallest absolute Gasteiger partial charge is 0.0702 e. The fraction of sp³-hybridized carbons (Fsp3) is 0.167. The van der Waals surface area contributed by atoms with Crippen LogP contribution in [0, 0.1) is 0 Å². The first kappa shape index (κ1) is 14.1. The first-order valence-corrected chi connectivity index (χ1v) is 8.12. The molecule has 1 aromatic heterocycles. The van der Waals surface area contributed by atoms with Crippen molar-refractivity contribution in [3.8, 4) is 0 Å². The van der Waals surface area contributed by atoms with E-state index in [-0.39, 0.29) is 0 Å². The molecule has 3 aromatic rings. The molecule has 106 valence electrons. The van der Waals surface area contributed by atoms with Crippen LogP contribution in [0.15, 0.2) is 71.8 Å². The molecule has 0 aliphatic heterocycles. The van der Waals surface area contributed by atoms with Crippen molar-refractivity contribution >= 4 is 22.7 Å². The van der Waals surface area contributed by atoms with Crippen LogP contribution in [-0.4, -0.2) is 17.3 Å². The van der Waals surface area contributed by atoms with E-state index < -0.39 is 0 Å². The lowest BCUT2D eigenvalue weighted by molar-refractivity contribution is 0.732. The largest absolute Gasteiger partial charge is 0.312 e. The third kappa shape index (κ3) is 4.06. The molecule has 0 saturated heterocycles. The lowest BCUT2D eigenvalue weighted by atomic mass is 10.1. The zero-order valence-electron chi connectivity index (χ0n) is 11.8. The van der Waals surface area contributed by atoms with E-state index in [4.69, 9.17) is 0 Å². The first-order chi connectivity index (χ1) is 10.4. The number of aromatic nitrogens is 1. The lowest BCUT2D eigenvalue weighted by Gasteiger charge is -2.06. The van der Waals surface area contributed by atoms with E-state index in [1.165, 1.54) is 15.8 Å². The monoisotopic (exact) mass is 294 g/mol. The molecule has 21 heavy (non-hydrogen) atoms. The van der Waals surface area contributed by atoms with Crippen molar-refractivity contribution in [3.63, 3.8) is 0 Å². The highest BCUT2D eigenvalue weighted by Gasteiger charge is 1.97. The van der Waals surface area contributed by atoms with Gasteiger partial charge in [0.05, 0.1) is 5.52 Å². The molecule has 1 N–H and O–H groups in total. The summed E-state index contributed by atoms with van der Waals surface area (Å²) < 4.78 is 0. The molecule has 0 saturated carbocycles. The second-order valence-electron chi connectivity index (χ2n) is 4.87. The maximum atomic E-state index is 4.34. The summed E-state index contributed by atoms with van der Waals surface area (Å²) in [6, 6.07) is 21.1. The molecule has 0 aliphatic rings. The van der Waals surface area contributed by atoms with Crippen LogP contribution in [0.4, 0.5) is 0 Å². The average Bonchev–Trinajstić information content (AvgIpc) is 2.55. The van der Waals surface area contributed by atoms with E-state index in [0.717, 1.165) is 24.4 Å². The van der Waals surface area contributed by atoms with Crippen molar-refractivity contribution in [2.24, 2.45) is 0 Å². The van der Waals surface area contributed by atoms with Crippen molar-refractivity contribution < 1.29 is 0 Å². The summed E-state index contributed by atoms with van der Waals surface area (Å²) >= 11 is 1.89. The Balaban J connectivity index is 1.46. The van der Waals surface area contributed by atoms with Gasteiger partial charge in [-0.2, -0.15) is 0 Å². The van der Waals surface area contributed by atoms with E-state index in [0.29, 0.717) is 0 Å². The van der Waals surface area contributed by atoms with Gasteiger partial charge in [-0.15, -0.1) is 11.8 Å². The molecule has 1 heterocycles. The summed E-state index contributed by atoms with van der Waals surface area (Å²) in [6.07, 6.45) is 1.83. The highest BCUT2D eigenvalue weighted by Crippen LogP contribution is 2.16. The van der Waals surface area contributed by atoms with Crippen LogP contribution in [-0.2, 0) is 6.54 Å². The molecule has 0 amide bonds. The first-order valence-electron chi connectivity index (χ1n) is 7.14. The van der Waals surface area contributed by atoms with E-state index in [1.54, 1.807) is 0 Å². The molecule has 0 radical (unpaired) electrons. The zero-order valence-corrected chi connectivity index (χ0v) is 12.6. The van der Waals surface area contributed by atoms with E-state index in [1.807, 2.05) is 24.0 Å². The third-order valence-corrected chi connectivity index (χ3v) is 4.30. The average molecular weight is 294 g/mol. The summed E-state index contributed by atoms with van der Waals surface area (Å²) in [5.74, 6) is 1.08. The summed E-state index contributed by atoms with van der Waals surface area (Å²) in [6.45, 7) is 1.91. The van der Waals surface area contributed by atoms with Gasteiger partial charge in [0.1, 0.15) is 0 Å². The van der Waals surface area contributed by atoms with E-state index >= 15 is 0 Å². The maximum absolute atomic E-state index is 4.34. The Bertz CT molecular complexity index is 698. The minimum Gasteiger partial charge on any atom is -0.312 e. The number of nitrogens with zero attached hydrogens (tertiary/aromatic N) is 1.